The van der Waals surface area contributed by atoms with Gasteiger partial charge in [0, 0.05) is 10.6 Å². The number of rotatable bonds is 7. The van der Waals surface area contributed by atoms with E-state index in [1.54, 1.807) is 29.2 Å². The Balaban J connectivity index is 1.64. The van der Waals surface area contributed by atoms with Crippen LogP contribution in [0.2, 0.25) is 5.02 Å². The average molecular weight is 385 g/mol. The van der Waals surface area contributed by atoms with Gasteiger partial charge in [-0.2, -0.15) is 5.10 Å². The van der Waals surface area contributed by atoms with E-state index < -0.39 is 0 Å². The van der Waals surface area contributed by atoms with Gasteiger partial charge in [0.15, 0.2) is 6.54 Å². The second-order valence-electron chi connectivity index (χ2n) is 6.53. The number of nitrogens with zero attached hydrogens (tertiary/aromatic N) is 3. The summed E-state index contributed by atoms with van der Waals surface area (Å²) in [4.78, 5) is 17.6. The minimum atomic E-state index is -0.0821. The van der Waals surface area contributed by atoms with Crippen molar-refractivity contribution in [2.75, 3.05) is 18.9 Å². The number of benzene rings is 2. The highest BCUT2D eigenvalue weighted by Crippen LogP contribution is 2.23. The summed E-state index contributed by atoms with van der Waals surface area (Å²) in [5, 5.41) is 7.61. The molecule has 1 atom stereocenters. The standard InChI is InChI=1S/C20H22ClN5O/c1-3-15-4-6-16(7-5-15)11-25(2)12-20(27)24-18-10-17(21)8-9-19(18)26-14-22-13-23-26/h4-10,13-14H,3,11-12H2,1-2H3,(H,24,27)/p+1. The van der Waals surface area contributed by atoms with E-state index in [1.807, 2.05) is 7.05 Å². The van der Waals surface area contributed by atoms with Crippen molar-refractivity contribution >= 4 is 23.2 Å². The van der Waals surface area contributed by atoms with Gasteiger partial charge in [-0.25, -0.2) is 9.67 Å². The average Bonchev–Trinajstić information content (AvgIpc) is 3.16. The van der Waals surface area contributed by atoms with Crippen molar-refractivity contribution in [3.05, 3.63) is 71.3 Å². The third kappa shape index (κ3) is 5.15. The fraction of sp³-hybridized carbons (Fsp3) is 0.250. The van der Waals surface area contributed by atoms with Crippen molar-refractivity contribution in [1.29, 1.82) is 0 Å². The maximum Gasteiger partial charge on any atom is 0.279 e. The van der Waals surface area contributed by atoms with E-state index in [1.165, 1.54) is 17.5 Å². The quantitative estimate of drug-likeness (QED) is 0.656. The van der Waals surface area contributed by atoms with Gasteiger partial charge in [-0.15, -0.1) is 0 Å². The van der Waals surface area contributed by atoms with Crippen molar-refractivity contribution in [1.82, 2.24) is 14.8 Å². The van der Waals surface area contributed by atoms with Crippen LogP contribution in [0.25, 0.3) is 5.69 Å². The lowest BCUT2D eigenvalue weighted by Gasteiger charge is -2.15. The Morgan fingerprint density at radius 3 is 2.59 bits per heavy atom. The number of hydrogen-bond donors (Lipinski definition) is 2. The molecule has 27 heavy (non-hydrogen) atoms. The molecule has 1 aromatic heterocycles. The van der Waals surface area contributed by atoms with Crippen LogP contribution in [-0.4, -0.2) is 34.3 Å². The third-order valence-corrected chi connectivity index (χ3v) is 4.53. The van der Waals surface area contributed by atoms with Crippen LogP contribution >= 0.6 is 11.6 Å². The molecule has 1 heterocycles. The zero-order chi connectivity index (χ0) is 19.2. The summed E-state index contributed by atoms with van der Waals surface area (Å²) in [6.45, 7) is 3.27. The number of quaternary nitrogens is 1. The highest BCUT2D eigenvalue weighted by atomic mass is 35.5. The normalized spacial score (nSPS) is 12.0. The molecule has 1 amide bonds. The van der Waals surface area contributed by atoms with Gasteiger partial charge in [-0.1, -0.05) is 42.8 Å². The Hall–Kier alpha value is -2.70. The van der Waals surface area contributed by atoms with Crippen LogP contribution in [0.5, 0.6) is 0 Å². The molecule has 0 aliphatic rings. The molecule has 0 bridgehead atoms. The van der Waals surface area contributed by atoms with Gasteiger partial charge in [0.2, 0.25) is 0 Å². The first-order valence-electron chi connectivity index (χ1n) is 8.88. The monoisotopic (exact) mass is 384 g/mol. The number of halogens is 1. The zero-order valence-electron chi connectivity index (χ0n) is 15.4. The second-order valence-corrected chi connectivity index (χ2v) is 6.97. The Kier molecular flexibility index (Phi) is 6.21. The summed E-state index contributed by atoms with van der Waals surface area (Å²) in [7, 11) is 2.00. The molecule has 0 radical (unpaired) electrons. The zero-order valence-corrected chi connectivity index (χ0v) is 16.2. The van der Waals surface area contributed by atoms with Crippen LogP contribution in [0.15, 0.2) is 55.1 Å². The Morgan fingerprint density at radius 2 is 1.93 bits per heavy atom. The first-order valence-corrected chi connectivity index (χ1v) is 9.26. The highest BCUT2D eigenvalue weighted by Gasteiger charge is 2.14. The van der Waals surface area contributed by atoms with Crippen LogP contribution in [0.3, 0.4) is 0 Å². The molecular weight excluding hydrogens is 362 g/mol. The second kappa shape index (κ2) is 8.79. The molecule has 0 aliphatic heterocycles. The van der Waals surface area contributed by atoms with Gasteiger partial charge in [-0.05, 0) is 30.2 Å². The van der Waals surface area contributed by atoms with E-state index in [4.69, 9.17) is 11.6 Å². The van der Waals surface area contributed by atoms with Crippen LogP contribution in [0, 0.1) is 0 Å². The summed E-state index contributed by atoms with van der Waals surface area (Å²) in [5.74, 6) is -0.0821. The number of likely N-dealkylation sites (N-methyl/N-ethyl adjacent to an activating group) is 1. The number of nitrogens with one attached hydrogen (secondary N) is 2. The largest absolute Gasteiger partial charge is 0.326 e. The molecule has 3 rings (SSSR count). The van der Waals surface area contributed by atoms with Crippen LogP contribution in [0.4, 0.5) is 5.69 Å². The molecule has 0 spiro atoms. The maximum absolute atomic E-state index is 12.5. The molecule has 0 aliphatic carbocycles. The fourth-order valence-corrected chi connectivity index (χ4v) is 3.09. The molecule has 0 fully saturated rings. The van der Waals surface area contributed by atoms with E-state index in [2.05, 4.69) is 46.6 Å². The predicted molar refractivity (Wildman–Crippen MR) is 106 cm³/mol. The summed E-state index contributed by atoms with van der Waals surface area (Å²) < 4.78 is 1.60. The minimum absolute atomic E-state index is 0.0821. The van der Waals surface area contributed by atoms with Gasteiger partial charge < -0.3 is 10.2 Å². The molecular formula is C20H23ClN5O+. The Morgan fingerprint density at radius 1 is 1.19 bits per heavy atom. The molecule has 0 saturated carbocycles. The van der Waals surface area contributed by atoms with Crippen molar-refractivity contribution in [3.8, 4) is 5.69 Å². The number of hydrogen-bond acceptors (Lipinski definition) is 3. The molecule has 3 aromatic rings. The van der Waals surface area contributed by atoms with Gasteiger partial charge in [0.1, 0.15) is 19.2 Å². The van der Waals surface area contributed by atoms with E-state index >= 15 is 0 Å². The number of amides is 1. The molecule has 0 saturated heterocycles. The molecule has 2 aromatic carbocycles. The molecule has 7 heteroatoms. The minimum Gasteiger partial charge on any atom is -0.326 e. The van der Waals surface area contributed by atoms with E-state index in [0.717, 1.165) is 23.6 Å². The van der Waals surface area contributed by atoms with Crippen LogP contribution in [0.1, 0.15) is 18.1 Å². The highest BCUT2D eigenvalue weighted by molar-refractivity contribution is 6.31. The summed E-state index contributed by atoms with van der Waals surface area (Å²) in [6, 6.07) is 13.8. The molecule has 2 N–H and O–H groups in total. The molecule has 1 unspecified atom stereocenters. The van der Waals surface area contributed by atoms with Crippen molar-refractivity contribution in [3.63, 3.8) is 0 Å². The van der Waals surface area contributed by atoms with Crippen LogP contribution < -0.4 is 10.2 Å². The van der Waals surface area contributed by atoms with E-state index in [0.29, 0.717) is 17.3 Å². The van der Waals surface area contributed by atoms with Crippen LogP contribution in [-0.2, 0) is 17.8 Å². The smallest absolute Gasteiger partial charge is 0.279 e. The van der Waals surface area contributed by atoms with Crippen molar-refractivity contribution in [2.45, 2.75) is 19.9 Å². The first-order chi connectivity index (χ1) is 13.0. The summed E-state index contributed by atoms with van der Waals surface area (Å²) in [6.07, 6.45) is 4.05. The number of aryl methyl sites for hydroxylation is 1. The SMILES string of the molecule is CCc1ccc(C[NH+](C)CC(=O)Nc2cc(Cl)ccc2-n2cncn2)cc1. The van der Waals surface area contributed by atoms with E-state index in [9.17, 15) is 4.79 Å². The Labute approximate surface area is 163 Å². The lowest BCUT2D eigenvalue weighted by atomic mass is 10.1. The number of carbonyl (C=O) groups is 1. The Bertz CT molecular complexity index is 893. The summed E-state index contributed by atoms with van der Waals surface area (Å²) in [5.41, 5.74) is 3.86. The topological polar surface area (TPSA) is 64.2 Å². The number of anilines is 1. The van der Waals surface area contributed by atoms with Gasteiger partial charge in [0.25, 0.3) is 5.91 Å². The van der Waals surface area contributed by atoms with Gasteiger partial charge >= 0.3 is 0 Å². The predicted octanol–water partition coefficient (Wildman–Crippen LogP) is 2.14. The first kappa shape index (κ1) is 19.1. The fourth-order valence-electron chi connectivity index (χ4n) is 2.91. The van der Waals surface area contributed by atoms with Crippen molar-refractivity contribution in [2.24, 2.45) is 0 Å². The van der Waals surface area contributed by atoms with E-state index in [-0.39, 0.29) is 5.91 Å². The molecule has 140 valence electrons. The lowest BCUT2D eigenvalue weighted by Crippen LogP contribution is -3.08. The third-order valence-electron chi connectivity index (χ3n) is 4.30. The van der Waals surface area contributed by atoms with Gasteiger partial charge in [-0.3, -0.25) is 4.79 Å². The number of aromatic nitrogens is 3. The summed E-state index contributed by atoms with van der Waals surface area (Å²) >= 11 is 6.10. The maximum atomic E-state index is 12.5. The lowest BCUT2D eigenvalue weighted by molar-refractivity contribution is -0.885. The van der Waals surface area contributed by atoms with Crippen molar-refractivity contribution < 1.29 is 9.69 Å². The molecule has 6 nitrogen and oxygen atoms in total. The van der Waals surface area contributed by atoms with Gasteiger partial charge in [0.05, 0.1) is 18.4 Å². The number of carbonyl (C=O) groups excluding carboxylic acids is 1.